The van der Waals surface area contributed by atoms with Gasteiger partial charge in [0.15, 0.2) is 0 Å². The molecule has 11 heteroatoms. The van der Waals surface area contributed by atoms with E-state index in [-0.39, 0.29) is 45.9 Å². The maximum atomic E-state index is 13.0. The number of aliphatic hydroxyl groups excluding tert-OH is 1. The Labute approximate surface area is 208 Å². The number of alkyl halides is 3. The van der Waals surface area contributed by atoms with Crippen LogP contribution in [0.25, 0.3) is 0 Å². The van der Waals surface area contributed by atoms with Crippen molar-refractivity contribution in [1.29, 1.82) is 0 Å². The lowest BCUT2D eigenvalue weighted by Gasteiger charge is -2.42. The van der Waals surface area contributed by atoms with E-state index in [2.05, 4.69) is 10.2 Å². The maximum Gasteiger partial charge on any atom is 0.446 e. The molecule has 2 aliphatic carbocycles. The van der Waals surface area contributed by atoms with Crippen LogP contribution in [-0.2, 0) is 10.8 Å². The number of aliphatic hydroxyl groups is 1. The van der Waals surface area contributed by atoms with Crippen LogP contribution in [0.1, 0.15) is 61.6 Å². The second-order valence-electron chi connectivity index (χ2n) is 10.1. The standard InChI is InChI=1S/C24H27F3N4O2S2/c25-24(26,27)34-16-4-2-14(3-5-16)15-6-10-31(11-7-15)22-28-19-17-12-18(17)35(33)20(19)21(29-22)30-23(13-32)8-1-9-23/h2-5,15,17-18,32H,1,6-13H2,(H,28,29,30). The van der Waals surface area contributed by atoms with Gasteiger partial charge in [0.05, 0.1) is 28.6 Å². The van der Waals surface area contributed by atoms with Crippen molar-refractivity contribution in [2.24, 2.45) is 0 Å². The van der Waals surface area contributed by atoms with Crippen LogP contribution in [-0.4, -0.2) is 55.3 Å². The van der Waals surface area contributed by atoms with Crippen LogP contribution in [0.3, 0.4) is 0 Å². The summed E-state index contributed by atoms with van der Waals surface area (Å²) in [5.41, 5.74) is -2.72. The third-order valence-electron chi connectivity index (χ3n) is 7.80. The van der Waals surface area contributed by atoms with Gasteiger partial charge >= 0.3 is 5.51 Å². The predicted molar refractivity (Wildman–Crippen MR) is 129 cm³/mol. The molecule has 0 spiro atoms. The Balaban J connectivity index is 1.19. The Morgan fingerprint density at radius 1 is 1.17 bits per heavy atom. The van der Waals surface area contributed by atoms with Gasteiger partial charge in [-0.3, -0.25) is 4.21 Å². The maximum absolute atomic E-state index is 13.0. The van der Waals surface area contributed by atoms with Gasteiger partial charge in [-0.2, -0.15) is 18.2 Å². The minimum atomic E-state index is -4.28. The summed E-state index contributed by atoms with van der Waals surface area (Å²) in [6.07, 6.45) is 5.39. The number of thioether (sulfide) groups is 1. The fourth-order valence-electron chi connectivity index (χ4n) is 5.51. The van der Waals surface area contributed by atoms with E-state index in [1.54, 1.807) is 24.3 Å². The summed E-state index contributed by atoms with van der Waals surface area (Å²) in [7, 11) is -1.11. The molecule has 6 rings (SSSR count). The van der Waals surface area contributed by atoms with Crippen molar-refractivity contribution in [2.45, 2.75) is 76.4 Å². The zero-order valence-electron chi connectivity index (χ0n) is 19.1. The largest absolute Gasteiger partial charge is 0.446 e. The first-order valence-electron chi connectivity index (χ1n) is 12.1. The normalized spacial score (nSPS) is 27.2. The Morgan fingerprint density at radius 3 is 2.49 bits per heavy atom. The van der Waals surface area contributed by atoms with Gasteiger partial charge in [0.25, 0.3) is 0 Å². The summed E-state index contributed by atoms with van der Waals surface area (Å²) in [5.74, 6) is 1.77. The zero-order valence-corrected chi connectivity index (χ0v) is 20.7. The predicted octanol–water partition coefficient (Wildman–Crippen LogP) is 4.78. The highest BCUT2D eigenvalue weighted by Gasteiger charge is 2.54. The Hall–Kier alpha value is -1.85. The number of nitrogens with zero attached hydrogens (tertiary/aromatic N) is 3. The lowest BCUT2D eigenvalue weighted by atomic mass is 9.77. The van der Waals surface area contributed by atoms with Crippen molar-refractivity contribution >= 4 is 34.3 Å². The SMILES string of the molecule is O=S1c2c(NC3(CO)CCC3)nc(N3CCC(c4ccc(SC(F)(F)F)cc4)CC3)nc2C2CC21. The number of nitrogens with one attached hydrogen (secondary N) is 1. The number of hydrogen-bond donors (Lipinski definition) is 2. The first-order valence-corrected chi connectivity index (χ1v) is 14.1. The molecule has 3 atom stereocenters. The van der Waals surface area contributed by atoms with E-state index in [1.807, 2.05) is 0 Å². The molecule has 3 heterocycles. The van der Waals surface area contributed by atoms with Crippen molar-refractivity contribution in [3.8, 4) is 0 Å². The minimum absolute atomic E-state index is 0.0201. The third kappa shape index (κ3) is 4.44. The van der Waals surface area contributed by atoms with Crippen molar-refractivity contribution in [1.82, 2.24) is 9.97 Å². The molecule has 0 bridgehead atoms. The van der Waals surface area contributed by atoms with Gasteiger partial charge in [-0.1, -0.05) is 12.1 Å². The Bertz CT molecular complexity index is 1140. The molecule has 0 amide bonds. The molecule has 2 N–H and O–H groups in total. The average Bonchev–Trinajstić information content (AvgIpc) is 3.56. The molecule has 1 aromatic heterocycles. The molecule has 3 unspecified atom stereocenters. The molecular weight excluding hydrogens is 497 g/mol. The van der Waals surface area contributed by atoms with E-state index >= 15 is 0 Å². The summed E-state index contributed by atoms with van der Waals surface area (Å²) >= 11 is -0.0885. The van der Waals surface area contributed by atoms with Crippen molar-refractivity contribution in [2.75, 3.05) is 29.9 Å². The van der Waals surface area contributed by atoms with Gasteiger partial charge in [0, 0.05) is 29.2 Å². The molecule has 2 aliphatic heterocycles. The third-order valence-corrected chi connectivity index (χ3v) is 10.4. The van der Waals surface area contributed by atoms with Crippen LogP contribution in [0.5, 0.6) is 0 Å². The van der Waals surface area contributed by atoms with E-state index in [4.69, 9.17) is 9.97 Å². The first-order chi connectivity index (χ1) is 16.8. The van der Waals surface area contributed by atoms with E-state index in [9.17, 15) is 22.5 Å². The molecule has 4 aliphatic rings. The highest BCUT2D eigenvalue weighted by molar-refractivity contribution is 8.00. The van der Waals surface area contributed by atoms with E-state index in [0.29, 0.717) is 11.8 Å². The smallest absolute Gasteiger partial charge is 0.394 e. The van der Waals surface area contributed by atoms with Gasteiger partial charge < -0.3 is 15.3 Å². The molecule has 1 aromatic carbocycles. The average molecular weight is 525 g/mol. The number of fused-ring (bicyclic) bond motifs is 3. The molecule has 188 valence electrons. The van der Waals surface area contributed by atoms with Crippen molar-refractivity contribution < 1.29 is 22.5 Å². The van der Waals surface area contributed by atoms with Crippen LogP contribution >= 0.6 is 11.8 Å². The van der Waals surface area contributed by atoms with E-state index in [0.717, 1.165) is 67.8 Å². The molecular formula is C24H27F3N4O2S2. The molecule has 2 saturated carbocycles. The quantitative estimate of drug-likeness (QED) is 0.527. The second-order valence-corrected chi connectivity index (χ2v) is 12.8. The van der Waals surface area contributed by atoms with Gasteiger partial charge in [0.1, 0.15) is 10.7 Å². The van der Waals surface area contributed by atoms with Gasteiger partial charge in [-0.25, -0.2) is 4.98 Å². The molecule has 6 nitrogen and oxygen atoms in total. The van der Waals surface area contributed by atoms with Crippen LogP contribution in [0.4, 0.5) is 24.9 Å². The summed E-state index contributed by atoms with van der Waals surface area (Å²) in [5, 5.41) is 13.5. The Kier molecular flexibility index (Phi) is 5.80. The second kappa shape index (κ2) is 8.62. The van der Waals surface area contributed by atoms with Gasteiger partial charge in [0.2, 0.25) is 5.95 Å². The lowest BCUT2D eigenvalue weighted by molar-refractivity contribution is -0.0328. The van der Waals surface area contributed by atoms with Gasteiger partial charge in [-0.15, -0.1) is 0 Å². The summed E-state index contributed by atoms with van der Waals surface area (Å²) < 4.78 is 50.8. The number of halogens is 3. The number of hydrogen-bond acceptors (Lipinski definition) is 7. The highest BCUT2D eigenvalue weighted by atomic mass is 32.2. The Morgan fingerprint density at radius 2 is 1.89 bits per heavy atom. The number of aromatic nitrogens is 2. The van der Waals surface area contributed by atoms with E-state index < -0.39 is 16.3 Å². The molecule has 0 radical (unpaired) electrons. The molecule has 1 saturated heterocycles. The number of piperidine rings is 1. The van der Waals surface area contributed by atoms with Crippen LogP contribution in [0.15, 0.2) is 34.1 Å². The summed E-state index contributed by atoms with van der Waals surface area (Å²) in [4.78, 5) is 12.8. The highest BCUT2D eigenvalue weighted by Crippen LogP contribution is 2.56. The van der Waals surface area contributed by atoms with Gasteiger partial charge in [-0.05, 0) is 73.9 Å². The van der Waals surface area contributed by atoms with Crippen molar-refractivity contribution in [3.63, 3.8) is 0 Å². The number of rotatable bonds is 6. The minimum Gasteiger partial charge on any atom is -0.394 e. The summed E-state index contributed by atoms with van der Waals surface area (Å²) in [6, 6.07) is 6.70. The molecule has 3 fully saturated rings. The lowest BCUT2D eigenvalue weighted by Crippen LogP contribution is -2.49. The van der Waals surface area contributed by atoms with Crippen molar-refractivity contribution in [3.05, 3.63) is 35.5 Å². The molecule has 35 heavy (non-hydrogen) atoms. The fourth-order valence-corrected chi connectivity index (χ4v) is 7.85. The van der Waals surface area contributed by atoms with Crippen LogP contribution in [0.2, 0.25) is 0 Å². The number of anilines is 2. The van der Waals surface area contributed by atoms with Crippen LogP contribution < -0.4 is 10.2 Å². The van der Waals surface area contributed by atoms with Crippen LogP contribution in [0, 0.1) is 0 Å². The fraction of sp³-hybridized carbons (Fsp3) is 0.583. The number of benzene rings is 1. The topological polar surface area (TPSA) is 78.3 Å². The first kappa shape index (κ1) is 23.5. The van der Waals surface area contributed by atoms with E-state index in [1.165, 1.54) is 0 Å². The summed E-state index contributed by atoms with van der Waals surface area (Å²) in [6.45, 7) is 1.50. The monoisotopic (exact) mass is 524 g/mol. The zero-order chi connectivity index (χ0) is 24.4. The molecule has 2 aromatic rings.